The summed E-state index contributed by atoms with van der Waals surface area (Å²) in [5.41, 5.74) is 2.16. The van der Waals surface area contributed by atoms with Crippen LogP contribution in [0.2, 0.25) is 0 Å². The van der Waals surface area contributed by atoms with Crippen LogP contribution in [0.3, 0.4) is 0 Å². The third-order valence-corrected chi connectivity index (χ3v) is 7.53. The van der Waals surface area contributed by atoms with Crippen molar-refractivity contribution < 1.29 is 26.7 Å². The number of primary sulfonamides is 1. The highest BCUT2D eigenvalue weighted by atomic mass is 32.2. The molecule has 1 aromatic carbocycles. The van der Waals surface area contributed by atoms with Gasteiger partial charge >= 0.3 is 0 Å². The molecule has 3 heterocycles. The second-order valence-electron chi connectivity index (χ2n) is 8.68. The molecule has 13 heteroatoms. The number of anilines is 1. The molecule has 2 N–H and O–H groups in total. The molecule has 0 saturated heterocycles. The summed E-state index contributed by atoms with van der Waals surface area (Å²) in [5.74, 6) is -1.54. The monoisotopic (exact) mass is 534 g/mol. The van der Waals surface area contributed by atoms with E-state index in [0.29, 0.717) is 30.3 Å². The predicted octanol–water partition coefficient (Wildman–Crippen LogP) is 2.80. The number of fused-ring (bicyclic) bond motifs is 1. The fourth-order valence-electron chi connectivity index (χ4n) is 4.28. The van der Waals surface area contributed by atoms with E-state index in [1.54, 1.807) is 24.7 Å². The van der Waals surface area contributed by atoms with E-state index in [9.17, 15) is 17.2 Å². The van der Waals surface area contributed by atoms with Gasteiger partial charge in [-0.05, 0) is 25.8 Å². The van der Waals surface area contributed by atoms with Gasteiger partial charge in [0.15, 0.2) is 23.2 Å². The standard InChI is InChI=1S/C24H28F2N6O4S/c1-15-18-13-30-24(23-28-7-4-8-29-23)31-20(18)6-9-32(15)16-11-19(25)22(26)21(12-16)36-10-3-5-17(14-35-2)37(27,33)34/h4,7-8,11-13,15,17H,3,5-6,9-10,14H2,1-2H3,(H2,27,33,34). The molecule has 2 atom stereocenters. The van der Waals surface area contributed by atoms with Gasteiger partial charge in [0, 0.05) is 62.0 Å². The molecule has 0 fully saturated rings. The molecule has 198 valence electrons. The molecule has 0 spiro atoms. The SMILES string of the molecule is COCC(CCCOc1cc(N2CCc3nc(-c4ncccn4)ncc3C2C)cc(F)c1F)S(N)(=O)=O. The summed E-state index contributed by atoms with van der Waals surface area (Å²) in [7, 11) is -2.42. The van der Waals surface area contributed by atoms with Crippen molar-refractivity contribution in [3.05, 3.63) is 59.7 Å². The average Bonchev–Trinajstić information content (AvgIpc) is 2.88. The van der Waals surface area contributed by atoms with Gasteiger partial charge in [0.1, 0.15) is 0 Å². The number of sulfonamides is 1. The lowest BCUT2D eigenvalue weighted by Gasteiger charge is -2.36. The molecule has 2 unspecified atom stereocenters. The summed E-state index contributed by atoms with van der Waals surface area (Å²) < 4.78 is 62.7. The van der Waals surface area contributed by atoms with Crippen molar-refractivity contribution in [3.8, 4) is 17.4 Å². The Morgan fingerprint density at radius 3 is 2.65 bits per heavy atom. The maximum atomic E-state index is 14.5. The Bertz CT molecular complexity index is 1350. The summed E-state index contributed by atoms with van der Waals surface area (Å²) in [5, 5.41) is 4.31. The third kappa shape index (κ3) is 6.17. The van der Waals surface area contributed by atoms with E-state index >= 15 is 0 Å². The van der Waals surface area contributed by atoms with Crippen LogP contribution in [-0.4, -0.2) is 60.5 Å². The van der Waals surface area contributed by atoms with Crippen LogP contribution < -0.4 is 14.8 Å². The van der Waals surface area contributed by atoms with Crippen molar-refractivity contribution in [1.29, 1.82) is 0 Å². The third-order valence-electron chi connectivity index (χ3n) is 6.23. The largest absolute Gasteiger partial charge is 0.490 e. The number of nitrogens with two attached hydrogens (primary N) is 1. The molecule has 1 aliphatic heterocycles. The van der Waals surface area contributed by atoms with E-state index in [4.69, 9.17) is 14.6 Å². The van der Waals surface area contributed by atoms with Crippen molar-refractivity contribution in [1.82, 2.24) is 19.9 Å². The molecule has 2 aromatic heterocycles. The van der Waals surface area contributed by atoms with Gasteiger partial charge in [-0.2, -0.15) is 4.39 Å². The Kier molecular flexibility index (Phi) is 8.25. The molecule has 0 amide bonds. The average molecular weight is 535 g/mol. The molecule has 1 aliphatic rings. The lowest BCUT2D eigenvalue weighted by molar-refractivity contribution is 0.190. The Hall–Kier alpha value is -3.29. The van der Waals surface area contributed by atoms with E-state index < -0.39 is 26.9 Å². The maximum Gasteiger partial charge on any atom is 0.214 e. The maximum absolute atomic E-state index is 14.5. The summed E-state index contributed by atoms with van der Waals surface area (Å²) in [6, 6.07) is 4.08. The van der Waals surface area contributed by atoms with Crippen LogP contribution in [0, 0.1) is 11.6 Å². The van der Waals surface area contributed by atoms with Crippen LogP contribution >= 0.6 is 0 Å². The zero-order valence-corrected chi connectivity index (χ0v) is 21.3. The summed E-state index contributed by atoms with van der Waals surface area (Å²) in [4.78, 5) is 19.3. The number of rotatable bonds is 10. The molecular weight excluding hydrogens is 506 g/mol. The second kappa shape index (κ2) is 11.4. The number of benzene rings is 1. The minimum atomic E-state index is -3.80. The van der Waals surface area contributed by atoms with Crippen LogP contribution in [0.4, 0.5) is 14.5 Å². The minimum Gasteiger partial charge on any atom is -0.490 e. The summed E-state index contributed by atoms with van der Waals surface area (Å²) in [6.07, 6.45) is 5.93. The first-order valence-electron chi connectivity index (χ1n) is 11.7. The van der Waals surface area contributed by atoms with Crippen LogP contribution in [0.25, 0.3) is 11.6 Å². The van der Waals surface area contributed by atoms with Crippen molar-refractivity contribution in [2.45, 2.75) is 37.5 Å². The first-order valence-corrected chi connectivity index (χ1v) is 13.3. The number of halogens is 2. The van der Waals surface area contributed by atoms with E-state index in [2.05, 4.69) is 19.9 Å². The Morgan fingerprint density at radius 2 is 1.95 bits per heavy atom. The number of nitrogens with zero attached hydrogens (tertiary/aromatic N) is 5. The molecular formula is C24H28F2N6O4S. The van der Waals surface area contributed by atoms with E-state index in [-0.39, 0.29) is 37.8 Å². The summed E-state index contributed by atoms with van der Waals surface area (Å²) in [6.45, 7) is 2.37. The quantitative estimate of drug-likeness (QED) is 0.390. The number of aromatic nitrogens is 4. The minimum absolute atomic E-state index is 0.0217. The zero-order valence-electron chi connectivity index (χ0n) is 20.5. The number of hydrogen-bond acceptors (Lipinski definition) is 9. The molecule has 4 rings (SSSR count). The highest BCUT2D eigenvalue weighted by Gasteiger charge is 2.28. The fraction of sp³-hybridized carbons (Fsp3) is 0.417. The normalized spacial score (nSPS) is 16.4. The molecule has 0 bridgehead atoms. The van der Waals surface area contributed by atoms with Gasteiger partial charge in [-0.1, -0.05) is 0 Å². The molecule has 0 radical (unpaired) electrons. The Labute approximate surface area is 213 Å². The Morgan fingerprint density at radius 1 is 1.19 bits per heavy atom. The van der Waals surface area contributed by atoms with E-state index in [1.165, 1.54) is 13.2 Å². The van der Waals surface area contributed by atoms with Gasteiger partial charge < -0.3 is 14.4 Å². The second-order valence-corrected chi connectivity index (χ2v) is 10.5. The van der Waals surface area contributed by atoms with Crippen LogP contribution in [0.1, 0.15) is 37.1 Å². The smallest absolute Gasteiger partial charge is 0.214 e. The van der Waals surface area contributed by atoms with Crippen LogP contribution in [-0.2, 0) is 21.2 Å². The first-order chi connectivity index (χ1) is 17.7. The fourth-order valence-corrected chi connectivity index (χ4v) is 5.10. The van der Waals surface area contributed by atoms with Crippen molar-refractivity contribution >= 4 is 15.7 Å². The van der Waals surface area contributed by atoms with Gasteiger partial charge in [0.2, 0.25) is 15.8 Å². The molecule has 3 aromatic rings. The van der Waals surface area contributed by atoms with E-state index in [0.717, 1.165) is 17.3 Å². The van der Waals surface area contributed by atoms with E-state index in [1.807, 2.05) is 11.8 Å². The van der Waals surface area contributed by atoms with Crippen LogP contribution in [0.15, 0.2) is 36.8 Å². The predicted molar refractivity (Wildman–Crippen MR) is 132 cm³/mol. The van der Waals surface area contributed by atoms with Gasteiger partial charge in [-0.3, -0.25) is 0 Å². The Balaban J connectivity index is 1.48. The molecule has 37 heavy (non-hydrogen) atoms. The van der Waals surface area contributed by atoms with Crippen molar-refractivity contribution in [3.63, 3.8) is 0 Å². The lowest BCUT2D eigenvalue weighted by atomic mass is 9.98. The number of methoxy groups -OCH3 is 1. The summed E-state index contributed by atoms with van der Waals surface area (Å²) >= 11 is 0. The molecule has 0 aliphatic carbocycles. The first kappa shape index (κ1) is 26.8. The van der Waals surface area contributed by atoms with Crippen molar-refractivity contribution in [2.24, 2.45) is 5.14 Å². The van der Waals surface area contributed by atoms with Crippen LogP contribution in [0.5, 0.6) is 5.75 Å². The molecule has 0 saturated carbocycles. The highest BCUT2D eigenvalue weighted by Crippen LogP contribution is 2.36. The van der Waals surface area contributed by atoms with Gasteiger partial charge in [0.05, 0.1) is 30.2 Å². The van der Waals surface area contributed by atoms with Gasteiger partial charge in [-0.15, -0.1) is 0 Å². The van der Waals surface area contributed by atoms with Gasteiger partial charge in [0.25, 0.3) is 0 Å². The van der Waals surface area contributed by atoms with Gasteiger partial charge in [-0.25, -0.2) is 37.9 Å². The lowest BCUT2D eigenvalue weighted by Crippen LogP contribution is -2.35. The number of ether oxygens (including phenoxy) is 2. The number of hydrogen-bond donors (Lipinski definition) is 1. The molecule has 10 nitrogen and oxygen atoms in total. The zero-order chi connectivity index (χ0) is 26.6. The topological polar surface area (TPSA) is 133 Å². The highest BCUT2D eigenvalue weighted by molar-refractivity contribution is 7.89. The van der Waals surface area contributed by atoms with Crippen molar-refractivity contribution in [2.75, 3.05) is 31.8 Å².